The topological polar surface area (TPSA) is 82.2 Å². The molecule has 0 unspecified atom stereocenters. The number of benzene rings is 1. The number of fused-ring (bicyclic) bond motifs is 1. The van der Waals surface area contributed by atoms with E-state index in [0.717, 1.165) is 24.2 Å². The fourth-order valence-electron chi connectivity index (χ4n) is 3.15. The lowest BCUT2D eigenvalue weighted by molar-refractivity contribution is -0.133. The van der Waals surface area contributed by atoms with Crippen LogP contribution >= 0.6 is 0 Å². The Labute approximate surface area is 156 Å². The molecule has 8 heteroatoms. The van der Waals surface area contributed by atoms with E-state index in [4.69, 9.17) is 4.74 Å². The van der Waals surface area contributed by atoms with Crippen molar-refractivity contribution >= 4 is 16.9 Å². The second-order valence-electron chi connectivity index (χ2n) is 6.78. The van der Waals surface area contributed by atoms with E-state index in [1.54, 1.807) is 18.8 Å². The molecule has 1 fully saturated rings. The van der Waals surface area contributed by atoms with Gasteiger partial charge in [0.1, 0.15) is 24.0 Å². The predicted octanol–water partition coefficient (Wildman–Crippen LogP) is 1.33. The standard InChI is InChI=1S/C19H21N5O3/c1-22-18-16(9-21-22)19(26)23(12-20-18)11-17(25)24(14-5-6-14)10-13-3-7-15(27-2)8-4-13/h3-4,7-9,12,14H,5-6,10-11H2,1-2H3. The Kier molecular flexibility index (Phi) is 4.39. The summed E-state index contributed by atoms with van der Waals surface area (Å²) >= 11 is 0. The van der Waals surface area contributed by atoms with Crippen molar-refractivity contribution in [2.45, 2.75) is 32.0 Å². The first-order valence-electron chi connectivity index (χ1n) is 8.86. The summed E-state index contributed by atoms with van der Waals surface area (Å²) in [5.74, 6) is 0.700. The van der Waals surface area contributed by atoms with Crippen LogP contribution in [-0.2, 0) is 24.9 Å². The highest BCUT2D eigenvalue weighted by Crippen LogP contribution is 2.29. The van der Waals surface area contributed by atoms with E-state index in [-0.39, 0.29) is 24.1 Å². The van der Waals surface area contributed by atoms with E-state index in [1.165, 1.54) is 17.1 Å². The predicted molar refractivity (Wildman–Crippen MR) is 99.3 cm³/mol. The van der Waals surface area contributed by atoms with Crippen LogP contribution < -0.4 is 10.3 Å². The first-order chi connectivity index (χ1) is 13.1. The fraction of sp³-hybridized carbons (Fsp3) is 0.368. The van der Waals surface area contributed by atoms with Crippen LogP contribution in [0.25, 0.3) is 11.0 Å². The molecule has 2 heterocycles. The zero-order valence-corrected chi connectivity index (χ0v) is 15.3. The van der Waals surface area contributed by atoms with E-state index in [2.05, 4.69) is 10.1 Å². The van der Waals surface area contributed by atoms with Crippen molar-refractivity contribution in [3.05, 3.63) is 52.7 Å². The highest BCUT2D eigenvalue weighted by atomic mass is 16.5. The molecule has 140 valence electrons. The zero-order valence-electron chi connectivity index (χ0n) is 15.3. The monoisotopic (exact) mass is 367 g/mol. The van der Waals surface area contributed by atoms with Gasteiger partial charge >= 0.3 is 0 Å². The molecule has 2 aromatic heterocycles. The maximum Gasteiger partial charge on any atom is 0.264 e. The fourth-order valence-corrected chi connectivity index (χ4v) is 3.15. The smallest absolute Gasteiger partial charge is 0.264 e. The van der Waals surface area contributed by atoms with Crippen molar-refractivity contribution in [1.82, 2.24) is 24.2 Å². The number of methoxy groups -OCH3 is 1. The van der Waals surface area contributed by atoms with Crippen molar-refractivity contribution < 1.29 is 9.53 Å². The van der Waals surface area contributed by atoms with Crippen LogP contribution in [-0.4, -0.2) is 43.3 Å². The molecule has 27 heavy (non-hydrogen) atoms. The molecule has 8 nitrogen and oxygen atoms in total. The molecule has 0 saturated heterocycles. The van der Waals surface area contributed by atoms with Crippen molar-refractivity contribution in [1.29, 1.82) is 0 Å². The molecule has 1 amide bonds. The molecule has 1 aliphatic rings. The lowest BCUT2D eigenvalue weighted by atomic mass is 10.2. The molecule has 4 rings (SSSR count). The van der Waals surface area contributed by atoms with Crippen LogP contribution in [0.4, 0.5) is 0 Å². The average Bonchev–Trinajstić information content (AvgIpc) is 3.45. The van der Waals surface area contributed by atoms with Gasteiger partial charge in [0.25, 0.3) is 5.56 Å². The SMILES string of the molecule is COc1ccc(CN(C(=O)Cn2cnc3c(cnn3C)c2=O)C2CC2)cc1. The van der Waals surface area contributed by atoms with Crippen molar-refractivity contribution in [2.24, 2.45) is 7.05 Å². The lowest BCUT2D eigenvalue weighted by Gasteiger charge is -2.23. The van der Waals surface area contributed by atoms with E-state index >= 15 is 0 Å². The Morgan fingerprint density at radius 3 is 2.70 bits per heavy atom. The second-order valence-corrected chi connectivity index (χ2v) is 6.78. The molecule has 0 N–H and O–H groups in total. The third-order valence-corrected chi connectivity index (χ3v) is 4.84. The normalized spacial score (nSPS) is 13.7. The van der Waals surface area contributed by atoms with E-state index in [9.17, 15) is 9.59 Å². The van der Waals surface area contributed by atoms with Gasteiger partial charge in [-0.2, -0.15) is 5.10 Å². The average molecular weight is 367 g/mol. The summed E-state index contributed by atoms with van der Waals surface area (Å²) in [7, 11) is 3.35. The minimum absolute atomic E-state index is 0.0245. The van der Waals surface area contributed by atoms with Gasteiger partial charge in [-0.25, -0.2) is 4.98 Å². The first kappa shape index (κ1) is 17.3. The minimum Gasteiger partial charge on any atom is -0.497 e. The van der Waals surface area contributed by atoms with Crippen molar-refractivity contribution in [2.75, 3.05) is 7.11 Å². The molecule has 1 aromatic carbocycles. The maximum atomic E-state index is 12.9. The van der Waals surface area contributed by atoms with Crippen molar-refractivity contribution in [3.63, 3.8) is 0 Å². The highest BCUT2D eigenvalue weighted by molar-refractivity contribution is 5.78. The summed E-state index contributed by atoms with van der Waals surface area (Å²) in [6, 6.07) is 7.92. The Hall–Kier alpha value is -3.16. The Morgan fingerprint density at radius 1 is 1.30 bits per heavy atom. The first-order valence-corrected chi connectivity index (χ1v) is 8.86. The number of carbonyl (C=O) groups excluding carboxylic acids is 1. The van der Waals surface area contributed by atoms with E-state index in [1.807, 2.05) is 29.2 Å². The summed E-state index contributed by atoms with van der Waals surface area (Å²) in [6.07, 6.45) is 4.90. The maximum absolute atomic E-state index is 12.9. The quantitative estimate of drug-likeness (QED) is 0.656. The number of hydrogen-bond acceptors (Lipinski definition) is 5. The van der Waals surface area contributed by atoms with Crippen LogP contribution in [0, 0.1) is 0 Å². The highest BCUT2D eigenvalue weighted by Gasteiger charge is 2.32. The van der Waals surface area contributed by atoms with E-state index < -0.39 is 0 Å². The number of ether oxygens (including phenoxy) is 1. The molecule has 3 aromatic rings. The Balaban J connectivity index is 1.54. The van der Waals surface area contributed by atoms with Gasteiger partial charge in [-0.3, -0.25) is 18.8 Å². The van der Waals surface area contributed by atoms with Gasteiger partial charge in [0, 0.05) is 19.6 Å². The van der Waals surface area contributed by atoms with Crippen LogP contribution in [0.1, 0.15) is 18.4 Å². The van der Waals surface area contributed by atoms with Gasteiger partial charge in [-0.1, -0.05) is 12.1 Å². The number of nitrogens with zero attached hydrogens (tertiary/aromatic N) is 5. The van der Waals surface area contributed by atoms with Gasteiger partial charge in [0.05, 0.1) is 13.3 Å². The van der Waals surface area contributed by atoms with Crippen LogP contribution in [0.2, 0.25) is 0 Å². The summed E-state index contributed by atoms with van der Waals surface area (Å²) in [5.41, 5.74) is 1.30. The molecule has 0 aliphatic heterocycles. The van der Waals surface area contributed by atoms with Crippen LogP contribution in [0.5, 0.6) is 5.75 Å². The van der Waals surface area contributed by atoms with Crippen molar-refractivity contribution in [3.8, 4) is 5.75 Å². The third kappa shape index (κ3) is 3.42. The minimum atomic E-state index is -0.248. The lowest BCUT2D eigenvalue weighted by Crippen LogP contribution is -2.37. The van der Waals surface area contributed by atoms with E-state index in [0.29, 0.717) is 17.6 Å². The number of amides is 1. The molecule has 1 saturated carbocycles. The molecule has 0 spiro atoms. The largest absolute Gasteiger partial charge is 0.497 e. The number of aryl methyl sites for hydroxylation is 1. The van der Waals surface area contributed by atoms with Crippen LogP contribution in [0.15, 0.2) is 41.6 Å². The summed E-state index contributed by atoms with van der Waals surface area (Å²) in [6.45, 7) is 0.494. The summed E-state index contributed by atoms with van der Waals surface area (Å²) in [4.78, 5) is 31.6. The number of aromatic nitrogens is 4. The Bertz CT molecular complexity index is 1030. The second kappa shape index (κ2) is 6.86. The molecule has 0 atom stereocenters. The van der Waals surface area contributed by atoms with Gasteiger partial charge in [0.15, 0.2) is 5.65 Å². The Morgan fingerprint density at radius 2 is 2.04 bits per heavy atom. The van der Waals surface area contributed by atoms with Gasteiger partial charge in [-0.05, 0) is 30.5 Å². The molecular formula is C19H21N5O3. The van der Waals surface area contributed by atoms with Gasteiger partial charge < -0.3 is 9.64 Å². The third-order valence-electron chi connectivity index (χ3n) is 4.84. The number of rotatable bonds is 6. The number of carbonyl (C=O) groups is 1. The zero-order chi connectivity index (χ0) is 19.0. The van der Waals surface area contributed by atoms with Gasteiger partial charge in [0.2, 0.25) is 5.91 Å². The van der Waals surface area contributed by atoms with Crippen LogP contribution in [0.3, 0.4) is 0 Å². The summed E-state index contributed by atoms with van der Waals surface area (Å²) < 4.78 is 8.08. The van der Waals surface area contributed by atoms with Gasteiger partial charge in [-0.15, -0.1) is 0 Å². The molecule has 0 bridgehead atoms. The molecular weight excluding hydrogens is 346 g/mol. The molecule has 1 aliphatic carbocycles. The molecule has 0 radical (unpaired) electrons. The summed E-state index contributed by atoms with van der Waals surface area (Å²) in [5, 5.41) is 4.47. The number of hydrogen-bond donors (Lipinski definition) is 0.